The smallest absolute Gasteiger partial charge is 0.213 e. The number of ether oxygens (including phenoxy) is 1. The van der Waals surface area contributed by atoms with E-state index in [-0.39, 0.29) is 12.3 Å². The number of alkyl halides is 1. The van der Waals surface area contributed by atoms with E-state index in [0.717, 1.165) is 0 Å². The molecular formula is C10H20ClNO4S. The summed E-state index contributed by atoms with van der Waals surface area (Å²) in [4.78, 5) is 0. The summed E-state index contributed by atoms with van der Waals surface area (Å²) in [5.74, 6) is 0.352. The minimum absolute atomic E-state index is 0.0274. The van der Waals surface area contributed by atoms with Crippen molar-refractivity contribution in [3.63, 3.8) is 0 Å². The minimum Gasteiger partial charge on any atom is -0.388 e. The van der Waals surface area contributed by atoms with Crippen molar-refractivity contribution in [3.8, 4) is 0 Å². The van der Waals surface area contributed by atoms with Crippen LogP contribution in [0.5, 0.6) is 0 Å². The highest BCUT2D eigenvalue weighted by atomic mass is 35.5. The van der Waals surface area contributed by atoms with Gasteiger partial charge in [-0.1, -0.05) is 0 Å². The molecule has 0 spiro atoms. The maximum Gasteiger partial charge on any atom is 0.213 e. The molecule has 1 saturated heterocycles. The summed E-state index contributed by atoms with van der Waals surface area (Å²) in [6, 6.07) is 0. The second kappa shape index (κ2) is 6.33. The zero-order valence-electron chi connectivity index (χ0n) is 10.1. The molecule has 1 fully saturated rings. The lowest BCUT2D eigenvalue weighted by molar-refractivity contribution is -0.0689. The summed E-state index contributed by atoms with van der Waals surface area (Å²) >= 11 is 5.48. The molecule has 0 aromatic heterocycles. The zero-order valence-corrected chi connectivity index (χ0v) is 11.6. The zero-order chi connectivity index (χ0) is 12.9. The SMILES string of the molecule is CN(CC1(O)CCOCC1)S(=O)(=O)CCCCl. The van der Waals surface area contributed by atoms with E-state index in [2.05, 4.69) is 0 Å². The quantitative estimate of drug-likeness (QED) is 0.718. The van der Waals surface area contributed by atoms with Crippen LogP contribution in [0.15, 0.2) is 0 Å². The summed E-state index contributed by atoms with van der Waals surface area (Å²) in [5, 5.41) is 10.2. The number of rotatable bonds is 6. The third kappa shape index (κ3) is 4.71. The molecule has 0 atom stereocenters. The molecule has 0 saturated carbocycles. The standard InChI is InChI=1S/C10H20ClNO4S/c1-12(17(14,15)8-2-5-11)9-10(13)3-6-16-7-4-10/h13H,2-9H2,1H3. The van der Waals surface area contributed by atoms with Gasteiger partial charge in [0.25, 0.3) is 0 Å². The Hall–Kier alpha value is 0.120. The van der Waals surface area contributed by atoms with Crippen LogP contribution in [0.3, 0.4) is 0 Å². The predicted molar refractivity (Wildman–Crippen MR) is 66.8 cm³/mol. The number of sulfonamides is 1. The normalized spacial score (nSPS) is 20.7. The van der Waals surface area contributed by atoms with Crippen LogP contribution in [0.4, 0.5) is 0 Å². The highest BCUT2D eigenvalue weighted by Crippen LogP contribution is 2.22. The van der Waals surface area contributed by atoms with Crippen LogP contribution in [0.25, 0.3) is 0 Å². The average molecular weight is 286 g/mol. The lowest BCUT2D eigenvalue weighted by Gasteiger charge is -2.35. The number of aliphatic hydroxyl groups is 1. The van der Waals surface area contributed by atoms with Gasteiger partial charge >= 0.3 is 0 Å². The summed E-state index contributed by atoms with van der Waals surface area (Å²) in [7, 11) is -1.81. The first kappa shape index (κ1) is 15.2. The Labute approximate surface area is 108 Å². The van der Waals surface area contributed by atoms with E-state index in [9.17, 15) is 13.5 Å². The van der Waals surface area contributed by atoms with Gasteiger partial charge in [-0.3, -0.25) is 0 Å². The molecule has 1 rings (SSSR count). The van der Waals surface area contributed by atoms with Crippen LogP contribution >= 0.6 is 11.6 Å². The van der Waals surface area contributed by atoms with Crippen LogP contribution < -0.4 is 0 Å². The van der Waals surface area contributed by atoms with E-state index < -0.39 is 15.6 Å². The number of halogens is 1. The van der Waals surface area contributed by atoms with Crippen LogP contribution in [-0.2, 0) is 14.8 Å². The van der Waals surface area contributed by atoms with Gasteiger partial charge in [-0.05, 0) is 6.42 Å². The van der Waals surface area contributed by atoms with Crippen molar-refractivity contribution in [2.75, 3.05) is 38.4 Å². The Morgan fingerprint density at radius 2 is 2.00 bits per heavy atom. The molecule has 102 valence electrons. The van der Waals surface area contributed by atoms with E-state index in [1.54, 1.807) is 0 Å². The molecule has 0 amide bonds. The molecule has 0 aromatic carbocycles. The van der Waals surface area contributed by atoms with Crippen LogP contribution in [0.1, 0.15) is 19.3 Å². The Bertz CT molecular complexity index is 327. The monoisotopic (exact) mass is 285 g/mol. The summed E-state index contributed by atoms with van der Waals surface area (Å²) in [6.45, 7) is 1.08. The second-order valence-electron chi connectivity index (χ2n) is 4.45. The van der Waals surface area contributed by atoms with E-state index >= 15 is 0 Å². The molecule has 0 aromatic rings. The van der Waals surface area contributed by atoms with Gasteiger partial charge < -0.3 is 9.84 Å². The fourth-order valence-corrected chi connectivity index (χ4v) is 3.37. The number of hydrogen-bond donors (Lipinski definition) is 1. The highest BCUT2D eigenvalue weighted by Gasteiger charge is 2.34. The molecule has 17 heavy (non-hydrogen) atoms. The van der Waals surface area contributed by atoms with E-state index in [4.69, 9.17) is 16.3 Å². The fraction of sp³-hybridized carbons (Fsp3) is 1.00. The van der Waals surface area contributed by atoms with Gasteiger partial charge in [-0.25, -0.2) is 12.7 Å². The van der Waals surface area contributed by atoms with Crippen molar-refractivity contribution >= 4 is 21.6 Å². The molecule has 1 aliphatic heterocycles. The number of hydrogen-bond acceptors (Lipinski definition) is 4. The van der Waals surface area contributed by atoms with E-state index in [1.165, 1.54) is 11.4 Å². The molecule has 0 radical (unpaired) electrons. The summed E-state index contributed by atoms with van der Waals surface area (Å²) in [5.41, 5.74) is -0.957. The molecule has 0 unspecified atom stereocenters. The first-order valence-corrected chi connectivity index (χ1v) is 7.84. The molecule has 1 heterocycles. The minimum atomic E-state index is -3.31. The van der Waals surface area contributed by atoms with Gasteiger partial charge in [0.1, 0.15) is 0 Å². The van der Waals surface area contributed by atoms with Gasteiger partial charge in [0, 0.05) is 45.5 Å². The Kier molecular flexibility index (Phi) is 5.66. The lowest BCUT2D eigenvalue weighted by atomic mass is 9.95. The first-order chi connectivity index (χ1) is 7.90. The predicted octanol–water partition coefficient (Wildman–Crippen LogP) is 0.418. The summed E-state index contributed by atoms with van der Waals surface area (Å²) < 4.78 is 30.0. The van der Waals surface area contributed by atoms with E-state index in [1.807, 2.05) is 0 Å². The van der Waals surface area contributed by atoms with Crippen LogP contribution in [0, 0.1) is 0 Å². The molecular weight excluding hydrogens is 266 g/mol. The van der Waals surface area contributed by atoms with Gasteiger partial charge in [0.2, 0.25) is 10.0 Å². The Morgan fingerprint density at radius 1 is 1.41 bits per heavy atom. The topological polar surface area (TPSA) is 66.8 Å². The van der Waals surface area contributed by atoms with Crippen LogP contribution in [-0.4, -0.2) is 61.9 Å². The second-order valence-corrected chi connectivity index (χ2v) is 7.02. The number of likely N-dealkylation sites (N-methyl/N-ethyl adjacent to an activating group) is 1. The van der Waals surface area contributed by atoms with Crippen molar-refractivity contribution in [1.29, 1.82) is 0 Å². The Morgan fingerprint density at radius 3 is 2.53 bits per heavy atom. The van der Waals surface area contributed by atoms with E-state index in [0.29, 0.717) is 38.4 Å². The Balaban J connectivity index is 2.55. The third-order valence-corrected chi connectivity index (χ3v) is 5.10. The third-order valence-electron chi connectivity index (χ3n) is 2.95. The van der Waals surface area contributed by atoms with Gasteiger partial charge in [0.05, 0.1) is 11.4 Å². The van der Waals surface area contributed by atoms with Crippen molar-refractivity contribution in [1.82, 2.24) is 4.31 Å². The molecule has 7 heteroatoms. The maximum absolute atomic E-state index is 11.8. The highest BCUT2D eigenvalue weighted by molar-refractivity contribution is 7.89. The van der Waals surface area contributed by atoms with Crippen LogP contribution in [0.2, 0.25) is 0 Å². The molecule has 0 aliphatic carbocycles. The summed E-state index contributed by atoms with van der Waals surface area (Å²) in [6.07, 6.45) is 1.38. The fourth-order valence-electron chi connectivity index (χ4n) is 1.82. The maximum atomic E-state index is 11.8. The molecule has 1 aliphatic rings. The number of nitrogens with zero attached hydrogens (tertiary/aromatic N) is 1. The van der Waals surface area contributed by atoms with Gasteiger partial charge in [-0.2, -0.15) is 0 Å². The molecule has 0 bridgehead atoms. The average Bonchev–Trinajstić information content (AvgIpc) is 2.26. The van der Waals surface area contributed by atoms with Crippen molar-refractivity contribution in [2.45, 2.75) is 24.9 Å². The molecule has 1 N–H and O–H groups in total. The van der Waals surface area contributed by atoms with Gasteiger partial charge in [0.15, 0.2) is 0 Å². The lowest BCUT2D eigenvalue weighted by Crippen LogP contribution is -2.47. The van der Waals surface area contributed by atoms with Crippen molar-refractivity contribution in [3.05, 3.63) is 0 Å². The van der Waals surface area contributed by atoms with Crippen molar-refractivity contribution in [2.24, 2.45) is 0 Å². The first-order valence-electron chi connectivity index (χ1n) is 5.70. The van der Waals surface area contributed by atoms with Gasteiger partial charge in [-0.15, -0.1) is 11.6 Å². The molecule has 5 nitrogen and oxygen atoms in total. The largest absolute Gasteiger partial charge is 0.388 e. The van der Waals surface area contributed by atoms with Crippen molar-refractivity contribution < 1.29 is 18.3 Å².